The Bertz CT molecular complexity index is 1200. The molecule has 7 heteroatoms. The molecule has 230 valence electrons. The first-order chi connectivity index (χ1) is 20.0. The highest BCUT2D eigenvalue weighted by Gasteiger charge is 2.37. The van der Waals surface area contributed by atoms with E-state index in [-0.39, 0.29) is 22.8 Å². The molecule has 2 unspecified atom stereocenters. The fraction of sp³-hybridized carbons (Fsp3) is 0.571. The molecular formula is C35H50FN2O3P. The number of benzene rings is 2. The van der Waals surface area contributed by atoms with Gasteiger partial charge in [-0.05, 0) is 75.9 Å². The Hall–Kier alpha value is -2.27. The van der Waals surface area contributed by atoms with E-state index >= 15 is 0 Å². The average molecular weight is 597 g/mol. The number of hydrogen-bond acceptors (Lipinski definition) is 5. The van der Waals surface area contributed by atoms with E-state index in [1.165, 1.54) is 24.8 Å². The first kappa shape index (κ1) is 32.6. The van der Waals surface area contributed by atoms with Gasteiger partial charge < -0.3 is 14.7 Å². The molecule has 2 aliphatic heterocycles. The van der Waals surface area contributed by atoms with Gasteiger partial charge in [-0.15, -0.1) is 0 Å². The van der Waals surface area contributed by atoms with E-state index < -0.39 is 0 Å². The molecule has 0 aromatic heterocycles. The first-order valence-electron chi connectivity index (χ1n) is 15.5. The van der Waals surface area contributed by atoms with Crippen molar-refractivity contribution >= 4 is 14.0 Å². The molecule has 0 spiro atoms. The number of hydrogen-bond donors (Lipinski definition) is 1. The van der Waals surface area contributed by atoms with E-state index in [1.54, 1.807) is 13.2 Å². The summed E-state index contributed by atoms with van der Waals surface area (Å²) in [7, 11) is 2.02. The van der Waals surface area contributed by atoms with E-state index in [1.807, 2.05) is 12.1 Å². The minimum Gasteiger partial charge on any atom is -0.512 e. The highest BCUT2D eigenvalue weighted by molar-refractivity contribution is 7.59. The predicted molar refractivity (Wildman–Crippen MR) is 173 cm³/mol. The van der Waals surface area contributed by atoms with Gasteiger partial charge in [-0.25, -0.2) is 4.39 Å². The second-order valence-electron chi connectivity index (χ2n) is 13.8. The van der Waals surface area contributed by atoms with Crippen LogP contribution in [-0.4, -0.2) is 42.3 Å². The molecule has 5 rings (SSSR count). The SMILES string of the molecule is C=C(O)C1(COC)CCN(Cc2ccc(C3=NOC(c4ccc(C5CCCCC5)c(F)c4)P3)cc2)CC1.CC(C)(C)C. The molecule has 1 saturated carbocycles. The zero-order valence-electron chi connectivity index (χ0n) is 26.2. The number of likely N-dealkylation sites (tertiary alicyclic amines) is 1. The molecular weight excluding hydrogens is 546 g/mol. The minimum atomic E-state index is -0.327. The fourth-order valence-corrected chi connectivity index (χ4v) is 7.11. The quantitative estimate of drug-likeness (QED) is 0.244. The highest BCUT2D eigenvalue weighted by Crippen LogP contribution is 2.45. The molecule has 2 atom stereocenters. The molecule has 42 heavy (non-hydrogen) atoms. The van der Waals surface area contributed by atoms with Gasteiger partial charge in [0, 0.05) is 24.8 Å². The number of aliphatic hydroxyl groups is 1. The summed E-state index contributed by atoms with van der Waals surface area (Å²) < 4.78 is 20.3. The van der Waals surface area contributed by atoms with Crippen LogP contribution in [0, 0.1) is 16.6 Å². The van der Waals surface area contributed by atoms with Crippen LogP contribution in [0.1, 0.15) is 107 Å². The summed E-state index contributed by atoms with van der Waals surface area (Å²) in [4.78, 5) is 8.15. The van der Waals surface area contributed by atoms with Crippen molar-refractivity contribution in [2.24, 2.45) is 16.0 Å². The molecule has 3 aliphatic rings. The number of rotatable bonds is 8. The largest absolute Gasteiger partial charge is 0.512 e. The molecule has 0 radical (unpaired) electrons. The summed E-state index contributed by atoms with van der Waals surface area (Å²) in [5, 5.41) is 14.5. The molecule has 5 nitrogen and oxygen atoms in total. The summed E-state index contributed by atoms with van der Waals surface area (Å²) in [6.45, 7) is 15.7. The van der Waals surface area contributed by atoms with Gasteiger partial charge in [0.2, 0.25) is 0 Å². The van der Waals surface area contributed by atoms with Crippen molar-refractivity contribution in [3.8, 4) is 0 Å². The van der Waals surface area contributed by atoms with E-state index in [0.29, 0.717) is 26.5 Å². The number of piperidine rings is 1. The lowest BCUT2D eigenvalue weighted by atomic mass is 9.77. The standard InChI is InChI=1S/C30H38FN2O3P.C5H12/c1-21(34)30(20-35-2)14-16-33(17-15-30)19-22-8-10-24(11-9-22)28-32-36-29(37-28)25-12-13-26(27(31)18-25)23-6-4-3-5-7-23;1-5(2,3)4/h8-13,18,23,29,34,37H,1,3-7,14-17,19-20H2,2H3;1-4H3. The van der Waals surface area contributed by atoms with E-state index in [0.717, 1.165) is 67.5 Å². The maximum absolute atomic E-state index is 14.9. The minimum absolute atomic E-state index is 0.101. The van der Waals surface area contributed by atoms with Crippen LogP contribution in [0.15, 0.2) is 60.0 Å². The number of aliphatic hydroxyl groups excluding tert-OH is 1. The highest BCUT2D eigenvalue weighted by atomic mass is 31.1. The topological polar surface area (TPSA) is 54.3 Å². The Balaban J connectivity index is 0.000000748. The number of oxime groups is 1. The van der Waals surface area contributed by atoms with Crippen LogP contribution < -0.4 is 0 Å². The van der Waals surface area contributed by atoms with Crippen molar-refractivity contribution in [1.29, 1.82) is 0 Å². The fourth-order valence-electron chi connectivity index (χ4n) is 5.97. The molecule has 2 heterocycles. The van der Waals surface area contributed by atoms with Crippen molar-refractivity contribution in [3.63, 3.8) is 0 Å². The maximum Gasteiger partial charge on any atom is 0.173 e. The van der Waals surface area contributed by atoms with Crippen molar-refractivity contribution in [1.82, 2.24) is 4.90 Å². The van der Waals surface area contributed by atoms with Crippen LogP contribution >= 0.6 is 8.58 Å². The molecule has 2 fully saturated rings. The Morgan fingerprint density at radius 2 is 1.74 bits per heavy atom. The van der Waals surface area contributed by atoms with Crippen LogP contribution in [-0.2, 0) is 16.1 Å². The third kappa shape index (κ3) is 8.88. The predicted octanol–water partition coefficient (Wildman–Crippen LogP) is 9.30. The van der Waals surface area contributed by atoms with Crippen molar-refractivity contribution in [3.05, 3.63) is 82.9 Å². The smallest absolute Gasteiger partial charge is 0.173 e. The van der Waals surface area contributed by atoms with Gasteiger partial charge in [0.1, 0.15) is 11.3 Å². The normalized spacial score (nSPS) is 21.8. The van der Waals surface area contributed by atoms with Gasteiger partial charge >= 0.3 is 0 Å². The molecule has 1 saturated heterocycles. The zero-order valence-corrected chi connectivity index (χ0v) is 27.2. The Morgan fingerprint density at radius 1 is 1.10 bits per heavy atom. The van der Waals surface area contributed by atoms with Gasteiger partial charge in [0.05, 0.1) is 17.8 Å². The second-order valence-corrected chi connectivity index (χ2v) is 15.1. The van der Waals surface area contributed by atoms with Crippen molar-refractivity contribution < 1.29 is 19.1 Å². The van der Waals surface area contributed by atoms with E-state index in [9.17, 15) is 9.50 Å². The number of nitrogens with zero attached hydrogens (tertiary/aromatic N) is 2. The van der Waals surface area contributed by atoms with Gasteiger partial charge in [-0.3, -0.25) is 4.90 Å². The van der Waals surface area contributed by atoms with Crippen LogP contribution in [0.5, 0.6) is 0 Å². The molecule has 1 aliphatic carbocycles. The molecule has 1 N–H and O–H groups in total. The third-order valence-electron chi connectivity index (χ3n) is 8.37. The monoisotopic (exact) mass is 596 g/mol. The van der Waals surface area contributed by atoms with Gasteiger partial charge in [-0.2, -0.15) is 0 Å². The van der Waals surface area contributed by atoms with Crippen molar-refractivity contribution in [2.45, 2.75) is 90.9 Å². The molecule has 2 aromatic carbocycles. The summed E-state index contributed by atoms with van der Waals surface area (Å²) in [6.07, 6.45) is 7.52. The second kappa shape index (κ2) is 14.5. The van der Waals surface area contributed by atoms with Crippen LogP contribution in [0.25, 0.3) is 0 Å². The summed E-state index contributed by atoms with van der Waals surface area (Å²) in [5.41, 5.74) is 5.12. The summed E-state index contributed by atoms with van der Waals surface area (Å²) >= 11 is 0. The lowest BCUT2D eigenvalue weighted by molar-refractivity contribution is 0.0180. The van der Waals surface area contributed by atoms with Crippen LogP contribution in [0.3, 0.4) is 0 Å². The van der Waals surface area contributed by atoms with Gasteiger partial charge in [-0.1, -0.05) is 95.1 Å². The number of ether oxygens (including phenoxy) is 1. The zero-order chi connectivity index (χ0) is 30.3. The molecule has 0 bridgehead atoms. The first-order valence-corrected chi connectivity index (χ1v) is 16.5. The lowest BCUT2D eigenvalue weighted by Crippen LogP contribution is -2.43. The number of methoxy groups -OCH3 is 1. The van der Waals surface area contributed by atoms with Crippen LogP contribution in [0.2, 0.25) is 0 Å². The maximum atomic E-state index is 14.9. The van der Waals surface area contributed by atoms with E-state index in [2.05, 4.69) is 68.6 Å². The van der Waals surface area contributed by atoms with E-state index in [4.69, 9.17) is 9.57 Å². The molecule has 0 amide bonds. The Kier molecular flexibility index (Phi) is 11.2. The van der Waals surface area contributed by atoms with Gasteiger partial charge in [0.15, 0.2) is 5.85 Å². The average Bonchev–Trinajstić information content (AvgIpc) is 3.45. The Labute approximate surface area is 254 Å². The lowest BCUT2D eigenvalue weighted by Gasteiger charge is -2.40. The summed E-state index contributed by atoms with van der Waals surface area (Å²) in [6, 6.07) is 14.2. The van der Waals surface area contributed by atoms with Gasteiger partial charge in [0.25, 0.3) is 0 Å². The summed E-state index contributed by atoms with van der Waals surface area (Å²) in [5.74, 6) is 0.273. The third-order valence-corrected chi connectivity index (χ3v) is 9.72. The van der Waals surface area contributed by atoms with Crippen molar-refractivity contribution in [2.75, 3.05) is 26.8 Å². The molecule has 2 aromatic rings. The Morgan fingerprint density at radius 3 is 2.31 bits per heavy atom. The number of halogens is 1. The van der Waals surface area contributed by atoms with Crippen LogP contribution in [0.4, 0.5) is 4.39 Å².